The maximum atomic E-state index is 12.1. The minimum Gasteiger partial charge on any atom is -0.484 e. The summed E-state index contributed by atoms with van der Waals surface area (Å²) in [5.74, 6) is 0.222. The first-order valence-electron chi connectivity index (χ1n) is 6.90. The second kappa shape index (κ2) is 7.26. The third-order valence-electron chi connectivity index (χ3n) is 3.01. The summed E-state index contributed by atoms with van der Waals surface area (Å²) in [6.07, 6.45) is 0. The molecule has 1 amide bonds. The minimum atomic E-state index is -3.54. The van der Waals surface area contributed by atoms with Gasteiger partial charge in [0.25, 0.3) is 5.91 Å². The van der Waals surface area contributed by atoms with Crippen LogP contribution in [-0.4, -0.2) is 39.3 Å². The highest BCUT2D eigenvalue weighted by molar-refractivity contribution is 7.89. The molecule has 0 unspecified atom stereocenters. The largest absolute Gasteiger partial charge is 0.484 e. The van der Waals surface area contributed by atoms with E-state index in [1.807, 2.05) is 18.2 Å². The maximum absolute atomic E-state index is 12.1. The number of hydrogen-bond donors (Lipinski definition) is 1. The molecule has 0 aromatic heterocycles. The van der Waals surface area contributed by atoms with Gasteiger partial charge >= 0.3 is 0 Å². The molecule has 0 heterocycles. The molecule has 0 saturated heterocycles. The highest BCUT2D eigenvalue weighted by atomic mass is 32.2. The smallest absolute Gasteiger partial charge is 0.262 e. The fourth-order valence-corrected chi connectivity index (χ4v) is 2.76. The van der Waals surface area contributed by atoms with Crippen molar-refractivity contribution < 1.29 is 17.9 Å². The minimum absolute atomic E-state index is 0.115. The van der Waals surface area contributed by atoms with Gasteiger partial charge in [-0.3, -0.25) is 4.79 Å². The molecule has 7 heteroatoms. The Morgan fingerprint density at radius 2 is 1.78 bits per heavy atom. The van der Waals surface area contributed by atoms with Crippen LogP contribution in [0.15, 0.2) is 59.5 Å². The summed E-state index contributed by atoms with van der Waals surface area (Å²) in [5.41, 5.74) is 0.398. The quantitative estimate of drug-likeness (QED) is 0.876. The van der Waals surface area contributed by atoms with Crippen LogP contribution in [0.4, 0.5) is 5.69 Å². The van der Waals surface area contributed by atoms with Crippen LogP contribution in [0.2, 0.25) is 0 Å². The second-order valence-electron chi connectivity index (χ2n) is 4.97. The Kier molecular flexibility index (Phi) is 5.36. The number of ether oxygens (including phenoxy) is 1. The summed E-state index contributed by atoms with van der Waals surface area (Å²) in [7, 11) is -0.634. The molecule has 0 saturated carbocycles. The van der Waals surface area contributed by atoms with Crippen LogP contribution in [0, 0.1) is 0 Å². The second-order valence-corrected chi connectivity index (χ2v) is 7.12. The van der Waals surface area contributed by atoms with E-state index in [2.05, 4.69) is 5.32 Å². The Hall–Kier alpha value is -2.38. The van der Waals surface area contributed by atoms with Crippen LogP contribution < -0.4 is 10.1 Å². The topological polar surface area (TPSA) is 75.7 Å². The number of nitrogens with zero attached hydrogens (tertiary/aromatic N) is 1. The number of para-hydroxylation sites is 1. The van der Waals surface area contributed by atoms with Gasteiger partial charge in [0.1, 0.15) is 5.75 Å². The van der Waals surface area contributed by atoms with Gasteiger partial charge in [0.05, 0.1) is 4.90 Å². The lowest BCUT2D eigenvalue weighted by Gasteiger charge is -2.13. The van der Waals surface area contributed by atoms with E-state index in [-0.39, 0.29) is 17.4 Å². The number of rotatable bonds is 6. The van der Waals surface area contributed by atoms with E-state index in [1.54, 1.807) is 24.3 Å². The number of amides is 1. The van der Waals surface area contributed by atoms with Crippen LogP contribution in [-0.2, 0) is 14.8 Å². The van der Waals surface area contributed by atoms with Crippen molar-refractivity contribution in [3.63, 3.8) is 0 Å². The summed E-state index contributed by atoms with van der Waals surface area (Å²) in [6.45, 7) is -0.158. The van der Waals surface area contributed by atoms with Crippen LogP contribution in [0.3, 0.4) is 0 Å². The van der Waals surface area contributed by atoms with Crippen molar-refractivity contribution in [3.05, 3.63) is 54.6 Å². The van der Waals surface area contributed by atoms with Gasteiger partial charge in [-0.15, -0.1) is 0 Å². The lowest BCUT2D eigenvalue weighted by atomic mass is 10.3. The number of hydrogen-bond acceptors (Lipinski definition) is 4. The molecule has 0 bridgehead atoms. The Morgan fingerprint density at radius 1 is 1.09 bits per heavy atom. The molecular weight excluding hydrogens is 316 g/mol. The predicted octanol–water partition coefficient (Wildman–Crippen LogP) is 1.95. The molecule has 0 aliphatic rings. The molecule has 0 radical (unpaired) electrons. The van der Waals surface area contributed by atoms with E-state index in [0.29, 0.717) is 11.4 Å². The van der Waals surface area contributed by atoms with Gasteiger partial charge in [0.2, 0.25) is 10.0 Å². The molecule has 0 fully saturated rings. The molecule has 23 heavy (non-hydrogen) atoms. The molecule has 0 aliphatic heterocycles. The zero-order valence-corrected chi connectivity index (χ0v) is 13.7. The van der Waals surface area contributed by atoms with Crippen LogP contribution in [0.5, 0.6) is 5.75 Å². The van der Waals surface area contributed by atoms with Crippen molar-refractivity contribution in [2.45, 2.75) is 4.90 Å². The summed E-state index contributed by atoms with van der Waals surface area (Å²) in [4.78, 5) is 12.0. The third-order valence-corrected chi connectivity index (χ3v) is 4.82. The predicted molar refractivity (Wildman–Crippen MR) is 87.9 cm³/mol. The molecule has 1 N–H and O–H groups in total. The molecule has 0 aliphatic carbocycles. The number of sulfonamides is 1. The highest BCUT2D eigenvalue weighted by Crippen LogP contribution is 2.18. The van der Waals surface area contributed by atoms with E-state index < -0.39 is 10.0 Å². The van der Waals surface area contributed by atoms with E-state index in [0.717, 1.165) is 4.31 Å². The summed E-state index contributed by atoms with van der Waals surface area (Å²) in [5, 5.41) is 2.62. The van der Waals surface area contributed by atoms with E-state index in [1.165, 1.54) is 26.2 Å². The normalized spacial score (nSPS) is 11.3. The molecule has 0 atom stereocenters. The number of benzene rings is 2. The monoisotopic (exact) mass is 334 g/mol. The van der Waals surface area contributed by atoms with Crippen molar-refractivity contribution >= 4 is 21.6 Å². The molecule has 0 spiro atoms. The molecule has 122 valence electrons. The average Bonchev–Trinajstić information content (AvgIpc) is 2.54. The zero-order chi connectivity index (χ0) is 16.9. The Bertz CT molecular complexity index is 774. The average molecular weight is 334 g/mol. The molecule has 6 nitrogen and oxygen atoms in total. The molecular formula is C16H18N2O4S. The van der Waals surface area contributed by atoms with Crippen LogP contribution in [0.25, 0.3) is 0 Å². The summed E-state index contributed by atoms with van der Waals surface area (Å²) in [6, 6.07) is 15.0. The first-order chi connectivity index (χ1) is 10.9. The van der Waals surface area contributed by atoms with E-state index in [4.69, 9.17) is 4.74 Å². The van der Waals surface area contributed by atoms with Gasteiger partial charge in [-0.2, -0.15) is 0 Å². The molecule has 2 rings (SSSR count). The number of carbonyl (C=O) groups excluding carboxylic acids is 1. The Morgan fingerprint density at radius 3 is 2.43 bits per heavy atom. The SMILES string of the molecule is CN(C)S(=O)(=O)c1cccc(NC(=O)COc2ccccc2)c1. The maximum Gasteiger partial charge on any atom is 0.262 e. The van der Waals surface area contributed by atoms with Gasteiger partial charge < -0.3 is 10.1 Å². The highest BCUT2D eigenvalue weighted by Gasteiger charge is 2.17. The third kappa shape index (κ3) is 4.54. The number of anilines is 1. The van der Waals surface area contributed by atoms with Gasteiger partial charge in [0.15, 0.2) is 6.61 Å². The fraction of sp³-hybridized carbons (Fsp3) is 0.188. The van der Waals surface area contributed by atoms with Crippen LogP contribution >= 0.6 is 0 Å². The van der Waals surface area contributed by atoms with Crippen molar-refractivity contribution in [2.75, 3.05) is 26.0 Å². The number of carbonyl (C=O) groups is 1. The van der Waals surface area contributed by atoms with E-state index in [9.17, 15) is 13.2 Å². The summed E-state index contributed by atoms with van der Waals surface area (Å²) >= 11 is 0. The zero-order valence-electron chi connectivity index (χ0n) is 12.9. The lowest BCUT2D eigenvalue weighted by molar-refractivity contribution is -0.118. The molecule has 2 aromatic carbocycles. The fourth-order valence-electron chi connectivity index (χ4n) is 1.81. The lowest BCUT2D eigenvalue weighted by Crippen LogP contribution is -2.23. The first kappa shape index (κ1) is 17.0. The standard InChI is InChI=1S/C16H18N2O4S/c1-18(2)23(20,21)15-10-6-7-13(11-15)17-16(19)12-22-14-8-4-3-5-9-14/h3-11H,12H2,1-2H3,(H,17,19). The van der Waals surface area contributed by atoms with Crippen LogP contribution in [0.1, 0.15) is 0 Å². The van der Waals surface area contributed by atoms with Crippen molar-refractivity contribution in [1.82, 2.24) is 4.31 Å². The Balaban J connectivity index is 2.02. The number of nitrogens with one attached hydrogen (secondary N) is 1. The van der Waals surface area contributed by atoms with Gasteiger partial charge in [0, 0.05) is 19.8 Å². The van der Waals surface area contributed by atoms with Gasteiger partial charge in [-0.1, -0.05) is 24.3 Å². The van der Waals surface area contributed by atoms with E-state index >= 15 is 0 Å². The van der Waals surface area contributed by atoms with Crippen molar-refractivity contribution in [1.29, 1.82) is 0 Å². The first-order valence-corrected chi connectivity index (χ1v) is 8.34. The van der Waals surface area contributed by atoms with Crippen molar-refractivity contribution in [3.8, 4) is 5.75 Å². The van der Waals surface area contributed by atoms with Gasteiger partial charge in [-0.05, 0) is 30.3 Å². The van der Waals surface area contributed by atoms with Crippen molar-refractivity contribution in [2.24, 2.45) is 0 Å². The van der Waals surface area contributed by atoms with Gasteiger partial charge in [-0.25, -0.2) is 12.7 Å². The molecule has 2 aromatic rings. The summed E-state index contributed by atoms with van der Waals surface area (Å²) < 4.78 is 30.6. The Labute approximate surface area is 135 Å².